The number of benzene rings is 10. The molecular formula is C71H36Br10I2N10Na2O20S2. The molecule has 10 aromatic carbocycles. The summed E-state index contributed by atoms with van der Waals surface area (Å²) in [4.78, 5) is 125. The molecule has 7 N–H and O–H groups in total. The summed E-state index contributed by atoms with van der Waals surface area (Å²) in [7, 11) is -4.67. The molecule has 1 heterocycles. The van der Waals surface area contributed by atoms with Crippen molar-refractivity contribution in [1.82, 2.24) is 5.16 Å². The van der Waals surface area contributed by atoms with Crippen LogP contribution >= 0.6 is 193 Å². The Labute approximate surface area is 812 Å². The minimum atomic E-state index is -4.67. The van der Waals surface area contributed by atoms with Gasteiger partial charge in [-0.2, -0.15) is 8.42 Å². The maximum absolute atomic E-state index is 12.9. The molecule has 5 aliphatic carbocycles. The average molecular weight is 2510 g/mol. The predicted octanol–water partition coefficient (Wildman–Crippen LogP) is 16.6. The van der Waals surface area contributed by atoms with Crippen LogP contribution in [0.15, 0.2) is 215 Å². The standard InChI is InChI=1S/C15H8Br2O6S.C14H5Br2N3O2.C14H5Br2NO2.C14H7Br2NO2.C14H9NO2.Br2.I2.N3.HNO2.2Na.H2O4S/c16-10-5-11(17)13-12(9(10)6-24(21)23-22-20)14(18)7-3-1-2-4-8(7)15(13)19;15-8-5-9(16)12(18-19-17)11-10(8)13(20)6-3-1-2-4-7(6)14(11)21;15-8-5-9(16)12-11-10(8)13(18)6-3-1-2-4-7(6)14(11)19-17-12;15-8-5-9(16)12(17)11-10(8)13(18)6-3-1-2-4-7(6)14(11)19;15-11-7-3-6-10-12(11)14(17)9-5-2-1-4-8(9)13(10)16;2*1-2;1-3-2;2-1-3;;;1-5(2,3)4/h1-5,20H,6H2;1-5H;1-5H;1-5H,17H2;1-7H,15H2;;;;(H,2,3);;;(H2,1,2,3,4)/q;;;;;;;-1;;2*+1;/p-1. The summed E-state index contributed by atoms with van der Waals surface area (Å²) >= 11 is 34.4. The maximum Gasteiger partial charge on any atom is 1.00 e. The van der Waals surface area contributed by atoms with Crippen LogP contribution in [0.4, 0.5) is 17.1 Å². The van der Waals surface area contributed by atoms with E-state index in [1.807, 2.05) is 30.3 Å². The van der Waals surface area contributed by atoms with Gasteiger partial charge in [-0.25, -0.2) is 9.47 Å². The SMILES string of the molecule is BrBr.II.Nc1c(Br)cc(Br)c2c1C(=O)c1ccccc1C2=O.Nc1cccc2c1C(=O)c1ccccc1C2=O.O=C1c2ccccc2-c2onc3c(Br)cc(Br)c1c23.O=C1c2ccccc2C(=O)c2c(CS(=O)OOO)c(Br)cc(Br)c21.O=N[O-].O=S(=O)(O)O.[N-]=[N+]=Nc1c(Br)cc(Br)c2c1C(=O)c1ccccc1C2=O.[N-]=[N+]=[N-].[Na+].[Na+]. The summed E-state index contributed by atoms with van der Waals surface area (Å²) in [6.45, 7) is 0. The Balaban J connectivity index is 0.000000249. The number of azide groups is 1. The van der Waals surface area contributed by atoms with Crippen molar-refractivity contribution in [1.29, 1.82) is 0 Å². The van der Waals surface area contributed by atoms with Crippen molar-refractivity contribution in [2.45, 2.75) is 5.75 Å². The maximum atomic E-state index is 12.9. The number of aromatic nitrogens is 1. The van der Waals surface area contributed by atoms with Gasteiger partial charge in [0.1, 0.15) is 5.52 Å². The number of nitrogens with two attached hydrogens (primary N) is 2. The molecule has 0 aliphatic heterocycles. The Morgan fingerprint density at radius 2 is 0.778 bits per heavy atom. The molecule has 16 rings (SSSR count). The first-order valence-electron chi connectivity index (χ1n) is 30.4. The van der Waals surface area contributed by atoms with Crippen LogP contribution in [-0.2, 0) is 36.6 Å². The number of ketones is 9. The normalized spacial score (nSPS) is 12.1. The Bertz CT molecular complexity index is 6140. The van der Waals surface area contributed by atoms with Crippen LogP contribution in [0.25, 0.3) is 48.6 Å². The number of carbonyl (C=O) groups excluding carboxylic acids is 9. The van der Waals surface area contributed by atoms with Gasteiger partial charge in [-0.05, 0) is 137 Å². The fourth-order valence-corrected chi connectivity index (χ4v) is 18.3. The third-order valence-corrected chi connectivity index (χ3v) is 22.0. The number of rotatable bonds is 5. The van der Waals surface area contributed by atoms with Crippen molar-refractivity contribution in [2.24, 2.45) is 10.5 Å². The predicted molar refractivity (Wildman–Crippen MR) is 477 cm³/mol. The van der Waals surface area contributed by atoms with Crippen molar-refractivity contribution in [3.63, 3.8) is 0 Å². The van der Waals surface area contributed by atoms with Crippen LogP contribution in [0.2, 0.25) is 0 Å². The fourth-order valence-electron chi connectivity index (χ4n) is 11.8. The molecule has 117 heavy (non-hydrogen) atoms. The molecule has 1 atom stereocenters. The summed E-state index contributed by atoms with van der Waals surface area (Å²) in [5, 5.41) is 29.0. The topological polar surface area (TPSA) is 522 Å². The first-order valence-corrected chi connectivity index (χ1v) is 49.4. The van der Waals surface area contributed by atoms with Crippen molar-refractivity contribution in [2.75, 3.05) is 11.5 Å². The van der Waals surface area contributed by atoms with Crippen LogP contribution in [0.3, 0.4) is 0 Å². The molecule has 0 amide bonds. The van der Waals surface area contributed by atoms with Crippen LogP contribution in [0.5, 0.6) is 0 Å². The molecule has 46 heteroatoms. The van der Waals surface area contributed by atoms with E-state index >= 15 is 0 Å². The van der Waals surface area contributed by atoms with Gasteiger partial charge in [0.15, 0.2) is 68.9 Å². The van der Waals surface area contributed by atoms with Crippen molar-refractivity contribution in [3.05, 3.63) is 342 Å². The van der Waals surface area contributed by atoms with E-state index in [-0.39, 0.29) is 156 Å². The van der Waals surface area contributed by atoms with Gasteiger partial charge >= 0.3 is 69.5 Å². The summed E-state index contributed by atoms with van der Waals surface area (Å²) < 4.78 is 57.5. The van der Waals surface area contributed by atoms with E-state index in [4.69, 9.17) is 65.5 Å². The number of fused-ring (bicyclic) bond motifs is 10. The van der Waals surface area contributed by atoms with Crippen molar-refractivity contribution >= 4 is 294 Å². The second-order valence-corrected chi connectivity index (χ2v) is 31.1. The third kappa shape index (κ3) is 22.9. The number of halogens is 12. The number of nitrogens with zero attached hydrogens (tertiary/aromatic N) is 8. The fraction of sp³-hybridized carbons (Fsp3) is 0.0141. The van der Waals surface area contributed by atoms with Gasteiger partial charge in [0.2, 0.25) is 0 Å². The smallest absolute Gasteiger partial charge is 0.444 e. The van der Waals surface area contributed by atoms with E-state index in [1.54, 1.807) is 133 Å². The molecule has 0 saturated heterocycles. The zero-order chi connectivity index (χ0) is 85.4. The Morgan fingerprint density at radius 1 is 0.470 bits per heavy atom. The molecule has 0 fully saturated rings. The number of nitrogen functional groups attached to an aromatic ring is 2. The van der Waals surface area contributed by atoms with Crippen LogP contribution in [-0.4, -0.2) is 84.2 Å². The molecular weight excluding hydrogens is 2480 g/mol. The number of hydrogen-bond donors (Lipinski definition) is 5. The summed E-state index contributed by atoms with van der Waals surface area (Å²) in [5.74, 6) is -1.56. The molecule has 11 aromatic rings. The molecule has 0 radical (unpaired) electrons. The van der Waals surface area contributed by atoms with Gasteiger partial charge in [-0.15, -0.1) is 9.67 Å². The Morgan fingerprint density at radius 3 is 1.20 bits per heavy atom. The van der Waals surface area contributed by atoms with E-state index < -0.39 is 21.5 Å². The summed E-state index contributed by atoms with van der Waals surface area (Å²) in [6.07, 6.45) is 0. The number of hydrogen-bond acceptors (Lipinski definition) is 23. The van der Waals surface area contributed by atoms with Gasteiger partial charge in [0.25, 0.3) is 0 Å². The van der Waals surface area contributed by atoms with E-state index in [9.17, 15) is 47.4 Å². The van der Waals surface area contributed by atoms with Gasteiger partial charge < -0.3 is 37.2 Å². The molecule has 5 aliphatic rings. The van der Waals surface area contributed by atoms with Gasteiger partial charge in [0, 0.05) is 195 Å². The quantitative estimate of drug-likeness (QED) is 0.0102. The molecule has 30 nitrogen and oxygen atoms in total. The molecule has 0 bridgehead atoms. The largest absolute Gasteiger partial charge is 1.00 e. The average Bonchev–Trinajstić information content (AvgIpc) is 1.51. The van der Waals surface area contributed by atoms with E-state index in [0.717, 1.165) is 25.2 Å². The van der Waals surface area contributed by atoms with Crippen molar-refractivity contribution in [3.8, 4) is 11.3 Å². The van der Waals surface area contributed by atoms with Crippen molar-refractivity contribution < 1.29 is 143 Å². The first kappa shape index (κ1) is 102. The summed E-state index contributed by atoms with van der Waals surface area (Å²) in [6, 6.07) is 45.8. The van der Waals surface area contributed by atoms with Gasteiger partial charge in [0.05, 0.1) is 44.8 Å². The third-order valence-electron chi connectivity index (χ3n) is 16.2. The van der Waals surface area contributed by atoms with Gasteiger partial charge in [-0.3, -0.25) is 57.2 Å². The van der Waals surface area contributed by atoms with Gasteiger partial charge in [-0.1, -0.05) is 181 Å². The minimum Gasteiger partial charge on any atom is -0.444 e. The second kappa shape index (κ2) is 46.7. The monoisotopic (exact) mass is 2500 g/mol. The van der Waals surface area contributed by atoms with E-state index in [0.29, 0.717) is 122 Å². The van der Waals surface area contributed by atoms with E-state index in [2.05, 4.69) is 217 Å². The zero-order valence-corrected chi connectivity index (χ0v) is 84.0. The minimum absolute atomic E-state index is 0. The summed E-state index contributed by atoms with van der Waals surface area (Å²) in [5.41, 5.74) is 42.8. The Hall–Kier alpha value is -5.52. The molecule has 0 spiro atoms. The second-order valence-electron chi connectivity index (χ2n) is 22.3. The molecule has 1 aromatic heterocycles. The number of carbonyl (C=O) groups is 9. The zero-order valence-electron chi connectivity index (χ0n) is 58.2. The van der Waals surface area contributed by atoms with Crippen LogP contribution in [0, 0.1) is 10.1 Å². The molecule has 1 unspecified atom stereocenters. The van der Waals surface area contributed by atoms with Crippen LogP contribution < -0.4 is 70.6 Å². The van der Waals surface area contributed by atoms with Crippen LogP contribution in [0.1, 0.15) is 149 Å². The first-order chi connectivity index (χ1) is 54.7. The number of anilines is 2. The Kier molecular flexibility index (Phi) is 40.7. The molecule has 0 saturated carbocycles. The molecule has 588 valence electrons. The van der Waals surface area contributed by atoms with E-state index in [1.165, 1.54) is 4.91 Å².